The molecule has 5 rings (SSSR count). The molecule has 6 heteroatoms. The molecule has 0 saturated carbocycles. The summed E-state index contributed by atoms with van der Waals surface area (Å²) in [7, 11) is 0. The van der Waals surface area contributed by atoms with Crippen molar-refractivity contribution in [2.75, 3.05) is 6.61 Å². The standard InChI is InChI=1S/C26H20F3NO2/c27-26(28,29)19-6-3-5-16(12-19)18-8-9-20(30-14-18)10-11-22-21-7-2-1-4-17(21)13-23-24(22)15-32-25(23)31/h1-12,14,22-24H,13,15H2/b11-10+. The number of allylic oxidation sites excluding steroid dienone is 1. The zero-order valence-electron chi connectivity index (χ0n) is 17.0. The van der Waals surface area contributed by atoms with Gasteiger partial charge in [-0.3, -0.25) is 9.78 Å². The van der Waals surface area contributed by atoms with Crippen LogP contribution in [-0.2, 0) is 22.1 Å². The maximum Gasteiger partial charge on any atom is 0.416 e. The molecule has 2 aromatic carbocycles. The average Bonchev–Trinajstić information content (AvgIpc) is 3.17. The van der Waals surface area contributed by atoms with E-state index >= 15 is 0 Å². The van der Waals surface area contributed by atoms with Gasteiger partial charge in [-0.15, -0.1) is 0 Å². The smallest absolute Gasteiger partial charge is 0.416 e. The van der Waals surface area contributed by atoms with Gasteiger partial charge in [0.2, 0.25) is 0 Å². The summed E-state index contributed by atoms with van der Waals surface area (Å²) in [4.78, 5) is 16.6. The zero-order chi connectivity index (χ0) is 22.3. The van der Waals surface area contributed by atoms with Crippen LogP contribution in [0.4, 0.5) is 13.2 Å². The predicted molar refractivity (Wildman–Crippen MR) is 115 cm³/mol. The Morgan fingerprint density at radius 3 is 2.62 bits per heavy atom. The molecule has 0 amide bonds. The number of pyridine rings is 1. The van der Waals surface area contributed by atoms with Crippen molar-refractivity contribution in [3.63, 3.8) is 0 Å². The van der Waals surface area contributed by atoms with Crippen LogP contribution in [0.2, 0.25) is 0 Å². The molecule has 1 aromatic heterocycles. The fourth-order valence-corrected chi connectivity index (χ4v) is 4.68. The molecule has 2 heterocycles. The van der Waals surface area contributed by atoms with Crippen molar-refractivity contribution >= 4 is 12.0 Å². The second-order valence-electron chi connectivity index (χ2n) is 8.24. The van der Waals surface area contributed by atoms with E-state index in [1.165, 1.54) is 11.6 Å². The van der Waals surface area contributed by atoms with Crippen molar-refractivity contribution in [1.29, 1.82) is 0 Å². The Kier molecular flexibility index (Phi) is 5.08. The van der Waals surface area contributed by atoms with E-state index in [-0.39, 0.29) is 23.7 Å². The number of esters is 1. The Morgan fingerprint density at radius 1 is 1.00 bits per heavy atom. The van der Waals surface area contributed by atoms with Gasteiger partial charge in [-0.05, 0) is 47.4 Å². The molecule has 0 N–H and O–H groups in total. The van der Waals surface area contributed by atoms with Crippen LogP contribution in [-0.4, -0.2) is 17.6 Å². The summed E-state index contributed by atoms with van der Waals surface area (Å²) in [5.74, 6) is -0.123. The predicted octanol–water partition coefficient (Wildman–Crippen LogP) is 5.91. The Labute approximate surface area is 183 Å². The topological polar surface area (TPSA) is 39.2 Å². The molecule has 2 aliphatic rings. The van der Waals surface area contributed by atoms with Gasteiger partial charge < -0.3 is 4.74 Å². The van der Waals surface area contributed by atoms with Gasteiger partial charge >= 0.3 is 12.1 Å². The molecule has 3 unspecified atom stereocenters. The van der Waals surface area contributed by atoms with Gasteiger partial charge in [0.1, 0.15) is 0 Å². The second kappa shape index (κ2) is 7.93. The van der Waals surface area contributed by atoms with Gasteiger partial charge in [-0.1, -0.05) is 48.5 Å². The number of ether oxygens (including phenoxy) is 1. The number of halogens is 3. The number of hydrogen-bond acceptors (Lipinski definition) is 3. The highest BCUT2D eigenvalue weighted by Crippen LogP contribution is 2.44. The fraction of sp³-hybridized carbons (Fsp3) is 0.231. The van der Waals surface area contributed by atoms with Crippen molar-refractivity contribution in [2.45, 2.75) is 18.5 Å². The average molecular weight is 435 g/mol. The lowest BCUT2D eigenvalue weighted by Crippen LogP contribution is -2.29. The number of benzene rings is 2. The van der Waals surface area contributed by atoms with E-state index in [0.29, 0.717) is 29.8 Å². The molecule has 3 aromatic rings. The number of aromatic nitrogens is 1. The van der Waals surface area contributed by atoms with Gasteiger partial charge in [0.25, 0.3) is 0 Å². The molecule has 0 spiro atoms. The maximum absolute atomic E-state index is 13.0. The molecule has 32 heavy (non-hydrogen) atoms. The van der Waals surface area contributed by atoms with Crippen LogP contribution in [0.25, 0.3) is 17.2 Å². The number of fused-ring (bicyclic) bond motifs is 2. The first-order valence-electron chi connectivity index (χ1n) is 10.5. The lowest BCUT2D eigenvalue weighted by atomic mass is 9.70. The lowest BCUT2D eigenvalue weighted by Gasteiger charge is -2.31. The third-order valence-electron chi connectivity index (χ3n) is 6.34. The lowest BCUT2D eigenvalue weighted by molar-refractivity contribution is -0.141. The quantitative estimate of drug-likeness (QED) is 0.480. The monoisotopic (exact) mass is 435 g/mol. The molecular formula is C26H20F3NO2. The Morgan fingerprint density at radius 2 is 1.84 bits per heavy atom. The van der Waals surface area contributed by atoms with Crippen molar-refractivity contribution < 1.29 is 22.7 Å². The van der Waals surface area contributed by atoms with Crippen LogP contribution in [0.3, 0.4) is 0 Å². The number of rotatable bonds is 3. The number of alkyl halides is 3. The van der Waals surface area contributed by atoms with Gasteiger partial charge in [0.05, 0.1) is 23.8 Å². The molecule has 0 bridgehead atoms. The summed E-state index contributed by atoms with van der Waals surface area (Å²) in [5, 5.41) is 0. The molecular weight excluding hydrogens is 415 g/mol. The van der Waals surface area contributed by atoms with E-state index in [4.69, 9.17) is 4.74 Å². The maximum atomic E-state index is 13.0. The third kappa shape index (κ3) is 3.81. The highest BCUT2D eigenvalue weighted by atomic mass is 19.4. The third-order valence-corrected chi connectivity index (χ3v) is 6.34. The van der Waals surface area contributed by atoms with E-state index in [9.17, 15) is 18.0 Å². The minimum atomic E-state index is -4.38. The summed E-state index contributed by atoms with van der Waals surface area (Å²) < 4.78 is 44.3. The molecule has 162 valence electrons. The first-order chi connectivity index (χ1) is 15.4. The summed E-state index contributed by atoms with van der Waals surface area (Å²) >= 11 is 0. The minimum absolute atomic E-state index is 0.0429. The number of nitrogens with zero attached hydrogens (tertiary/aromatic N) is 1. The molecule has 1 fully saturated rings. The van der Waals surface area contributed by atoms with Crippen LogP contribution < -0.4 is 0 Å². The molecule has 1 aliphatic heterocycles. The van der Waals surface area contributed by atoms with Gasteiger partial charge in [-0.2, -0.15) is 13.2 Å². The van der Waals surface area contributed by atoms with Gasteiger partial charge in [0.15, 0.2) is 0 Å². The molecule has 3 atom stereocenters. The second-order valence-corrected chi connectivity index (χ2v) is 8.24. The Hall–Kier alpha value is -3.41. The Bertz CT molecular complexity index is 1180. The van der Waals surface area contributed by atoms with Crippen LogP contribution in [0.15, 0.2) is 72.9 Å². The van der Waals surface area contributed by atoms with Gasteiger partial charge in [0, 0.05) is 23.6 Å². The largest absolute Gasteiger partial charge is 0.465 e. The zero-order valence-corrected chi connectivity index (χ0v) is 17.0. The highest BCUT2D eigenvalue weighted by Gasteiger charge is 2.44. The fourth-order valence-electron chi connectivity index (χ4n) is 4.68. The van der Waals surface area contributed by atoms with Crippen molar-refractivity contribution in [1.82, 2.24) is 4.98 Å². The number of cyclic esters (lactones) is 1. The van der Waals surface area contributed by atoms with E-state index in [1.54, 1.807) is 24.4 Å². The van der Waals surface area contributed by atoms with E-state index in [1.807, 2.05) is 18.2 Å². The molecule has 1 saturated heterocycles. The normalized spacial score (nSPS) is 22.5. The molecule has 0 radical (unpaired) electrons. The van der Waals surface area contributed by atoms with E-state index in [2.05, 4.69) is 23.2 Å². The molecule has 1 aliphatic carbocycles. The summed E-state index contributed by atoms with van der Waals surface area (Å²) in [5.41, 5.74) is 3.46. The summed E-state index contributed by atoms with van der Waals surface area (Å²) in [6.07, 6.45) is 1.86. The Balaban J connectivity index is 1.40. The van der Waals surface area contributed by atoms with Gasteiger partial charge in [-0.25, -0.2) is 0 Å². The SMILES string of the molecule is O=C1OCC2C1Cc1ccccc1C2/C=C/c1ccc(-c2cccc(C(F)(F)F)c2)cn1. The molecule has 3 nitrogen and oxygen atoms in total. The van der Waals surface area contributed by atoms with Crippen molar-refractivity contribution in [3.8, 4) is 11.1 Å². The van der Waals surface area contributed by atoms with Crippen molar-refractivity contribution in [3.05, 3.63) is 95.3 Å². The van der Waals surface area contributed by atoms with Crippen LogP contribution in [0, 0.1) is 11.8 Å². The number of carbonyl (C=O) groups is 1. The first kappa shape index (κ1) is 20.5. The van der Waals surface area contributed by atoms with Crippen molar-refractivity contribution in [2.24, 2.45) is 11.8 Å². The number of carbonyl (C=O) groups excluding carboxylic acids is 1. The van der Waals surface area contributed by atoms with Crippen LogP contribution in [0.1, 0.15) is 28.3 Å². The van der Waals surface area contributed by atoms with Crippen LogP contribution >= 0.6 is 0 Å². The minimum Gasteiger partial charge on any atom is -0.465 e. The summed E-state index contributed by atoms with van der Waals surface area (Å²) in [6.45, 7) is 0.411. The number of hydrogen-bond donors (Lipinski definition) is 0. The van der Waals surface area contributed by atoms with E-state index < -0.39 is 11.7 Å². The van der Waals surface area contributed by atoms with Crippen LogP contribution in [0.5, 0.6) is 0 Å². The highest BCUT2D eigenvalue weighted by molar-refractivity contribution is 5.76. The first-order valence-corrected chi connectivity index (χ1v) is 10.5. The van der Waals surface area contributed by atoms with E-state index in [0.717, 1.165) is 17.7 Å². The summed E-state index contributed by atoms with van der Waals surface area (Å²) in [6, 6.07) is 16.9.